The number of piperidine rings is 1. The minimum Gasteiger partial charge on any atom is -0.444 e. The minimum absolute atomic E-state index is 0.0401. The predicted octanol–water partition coefficient (Wildman–Crippen LogP) is 4.68. The van der Waals surface area contributed by atoms with E-state index in [1.807, 2.05) is 56.0 Å². The fraction of sp³-hybridized carbons (Fsp3) is 0.500. The fourth-order valence-electron chi connectivity index (χ4n) is 5.12. The summed E-state index contributed by atoms with van der Waals surface area (Å²) in [6.45, 7) is 7.99. The fourth-order valence-corrected chi connectivity index (χ4v) is 5.24. The molecule has 2 aromatic rings. The molecule has 0 N–H and O–H groups in total. The highest BCUT2D eigenvalue weighted by Gasteiger charge is 2.42. The molecule has 196 valence electrons. The van der Waals surface area contributed by atoms with Gasteiger partial charge in [-0.3, -0.25) is 4.79 Å². The lowest BCUT2D eigenvalue weighted by Gasteiger charge is -2.34. The molecule has 9 heteroatoms. The first-order valence-electron chi connectivity index (χ1n) is 12.7. The van der Waals surface area contributed by atoms with Gasteiger partial charge in [-0.25, -0.2) is 9.78 Å². The topological polar surface area (TPSA) is 89.8 Å². The van der Waals surface area contributed by atoms with Crippen LogP contribution in [0.3, 0.4) is 0 Å². The van der Waals surface area contributed by atoms with Gasteiger partial charge in [-0.1, -0.05) is 23.7 Å². The maximum Gasteiger partial charge on any atom is 0.410 e. The van der Waals surface area contributed by atoms with Crippen LogP contribution in [0.1, 0.15) is 50.7 Å². The second-order valence-corrected chi connectivity index (χ2v) is 11.3. The largest absolute Gasteiger partial charge is 0.444 e. The summed E-state index contributed by atoms with van der Waals surface area (Å²) in [6, 6.07) is 13.1. The van der Waals surface area contributed by atoms with E-state index < -0.39 is 11.7 Å². The molecule has 0 saturated carbocycles. The molecular weight excluding hydrogens is 490 g/mol. The van der Waals surface area contributed by atoms with Gasteiger partial charge in [0.05, 0.1) is 11.6 Å². The number of carbonyl (C=O) groups excluding carboxylic acids is 2. The number of hydrogen-bond acceptors (Lipinski definition) is 6. The number of aromatic nitrogens is 1. The Morgan fingerprint density at radius 2 is 1.78 bits per heavy atom. The molecule has 0 spiro atoms. The molecule has 2 fully saturated rings. The maximum absolute atomic E-state index is 13.6. The Kier molecular flexibility index (Phi) is 7.93. The van der Waals surface area contributed by atoms with Gasteiger partial charge in [0.25, 0.3) is 0 Å². The Hall–Kier alpha value is -3.31. The lowest BCUT2D eigenvalue weighted by molar-refractivity contribution is -0.135. The van der Waals surface area contributed by atoms with Crippen LogP contribution in [0.2, 0.25) is 5.02 Å². The van der Waals surface area contributed by atoms with Crippen LogP contribution in [0.4, 0.5) is 10.6 Å². The van der Waals surface area contributed by atoms with Crippen molar-refractivity contribution in [2.75, 3.05) is 38.1 Å². The van der Waals surface area contributed by atoms with E-state index in [2.05, 4.69) is 16.0 Å². The zero-order valence-corrected chi connectivity index (χ0v) is 22.6. The number of nitrogens with zero attached hydrogens (tertiary/aromatic N) is 5. The third kappa shape index (κ3) is 6.34. The van der Waals surface area contributed by atoms with Gasteiger partial charge in [0.1, 0.15) is 17.5 Å². The molecule has 37 heavy (non-hydrogen) atoms. The molecule has 2 amide bonds. The van der Waals surface area contributed by atoms with Gasteiger partial charge < -0.3 is 19.4 Å². The van der Waals surface area contributed by atoms with Crippen LogP contribution in [0.25, 0.3) is 0 Å². The molecule has 3 heterocycles. The number of pyridine rings is 1. The van der Waals surface area contributed by atoms with Crippen LogP contribution >= 0.6 is 11.6 Å². The Morgan fingerprint density at radius 1 is 1.11 bits per heavy atom. The van der Waals surface area contributed by atoms with Crippen LogP contribution in [-0.4, -0.2) is 71.7 Å². The number of likely N-dealkylation sites (N-methyl/N-ethyl adjacent to an activating group) is 1. The first-order chi connectivity index (χ1) is 17.6. The number of ether oxygens (including phenoxy) is 1. The SMILES string of the molecule is CN(C(=O)OC(C)(C)C)[C@@H]1CN(C(=O)C2CCN(c3ccc(C#N)cn3)CC2)C[C@H]1c1ccc(Cl)cc1. The van der Waals surface area contributed by atoms with Crippen molar-refractivity contribution in [3.05, 3.63) is 58.7 Å². The van der Waals surface area contributed by atoms with Crippen LogP contribution in [0, 0.1) is 17.2 Å². The van der Waals surface area contributed by atoms with E-state index in [1.54, 1.807) is 24.2 Å². The summed E-state index contributed by atoms with van der Waals surface area (Å²) >= 11 is 6.12. The third-order valence-corrected chi connectivity index (χ3v) is 7.37. The van der Waals surface area contributed by atoms with Crippen LogP contribution in [0.15, 0.2) is 42.6 Å². The van der Waals surface area contributed by atoms with E-state index in [1.165, 1.54) is 0 Å². The molecule has 2 aliphatic rings. The molecule has 4 rings (SSSR count). The van der Waals surface area contributed by atoms with Crippen LogP contribution < -0.4 is 4.90 Å². The Bertz CT molecular complexity index is 1150. The standard InChI is InChI=1S/C28H34ClN5O3/c1-28(2,3)37-27(36)32(4)24-18-34(17-23(24)20-6-8-22(29)9-7-20)26(35)21-11-13-33(14-12-21)25-10-5-19(15-30)16-31-25/h5-10,16,21,23-24H,11-14,17-18H2,1-4H3/t23-,24+/m0/s1. The summed E-state index contributed by atoms with van der Waals surface area (Å²) in [6.07, 6.45) is 2.65. The monoisotopic (exact) mass is 523 g/mol. The number of anilines is 1. The van der Waals surface area contributed by atoms with Gasteiger partial charge in [0.15, 0.2) is 0 Å². The molecule has 2 aliphatic heterocycles. The summed E-state index contributed by atoms with van der Waals surface area (Å²) in [5.74, 6) is 0.840. The zero-order valence-electron chi connectivity index (χ0n) is 21.9. The molecule has 0 unspecified atom stereocenters. The zero-order chi connectivity index (χ0) is 26.7. The first kappa shape index (κ1) is 26.7. The average Bonchev–Trinajstić information content (AvgIpc) is 3.33. The number of amides is 2. The lowest BCUT2D eigenvalue weighted by atomic mass is 9.93. The normalized spacial score (nSPS) is 20.4. The summed E-state index contributed by atoms with van der Waals surface area (Å²) < 4.78 is 5.63. The molecule has 1 aromatic heterocycles. The molecular formula is C28H34ClN5O3. The van der Waals surface area contributed by atoms with Crippen molar-refractivity contribution < 1.29 is 14.3 Å². The highest BCUT2D eigenvalue weighted by Crippen LogP contribution is 2.34. The summed E-state index contributed by atoms with van der Waals surface area (Å²) in [7, 11) is 1.75. The molecule has 2 saturated heterocycles. The molecule has 0 aliphatic carbocycles. The maximum atomic E-state index is 13.6. The van der Waals surface area contributed by atoms with Crippen molar-refractivity contribution in [1.82, 2.24) is 14.8 Å². The number of halogens is 1. The number of likely N-dealkylation sites (tertiary alicyclic amines) is 1. The van der Waals surface area contributed by atoms with Crippen molar-refractivity contribution in [2.24, 2.45) is 5.92 Å². The number of hydrogen-bond donors (Lipinski definition) is 0. The van der Waals surface area contributed by atoms with Crippen molar-refractivity contribution in [1.29, 1.82) is 5.26 Å². The summed E-state index contributed by atoms with van der Waals surface area (Å²) in [5.41, 5.74) is 0.971. The van der Waals surface area contributed by atoms with Gasteiger partial charge in [-0.2, -0.15) is 5.26 Å². The molecule has 8 nitrogen and oxygen atoms in total. The Labute approximate surface area is 223 Å². The van der Waals surface area contributed by atoms with E-state index >= 15 is 0 Å². The van der Waals surface area contributed by atoms with Crippen molar-refractivity contribution >= 4 is 29.4 Å². The average molecular weight is 524 g/mol. The van der Waals surface area contributed by atoms with Gasteiger partial charge in [-0.05, 0) is 63.4 Å². The molecule has 1 aromatic carbocycles. The highest BCUT2D eigenvalue weighted by molar-refractivity contribution is 6.30. The highest BCUT2D eigenvalue weighted by atomic mass is 35.5. The van der Waals surface area contributed by atoms with Crippen molar-refractivity contribution in [3.8, 4) is 6.07 Å². The summed E-state index contributed by atoms with van der Waals surface area (Å²) in [5, 5.41) is 9.64. The van der Waals surface area contributed by atoms with E-state index in [9.17, 15) is 9.59 Å². The number of nitriles is 1. The van der Waals surface area contributed by atoms with Crippen molar-refractivity contribution in [2.45, 2.75) is 51.2 Å². The van der Waals surface area contributed by atoms with Gasteiger partial charge >= 0.3 is 6.09 Å². The number of rotatable bonds is 4. The second kappa shape index (κ2) is 11.0. The molecule has 0 radical (unpaired) electrons. The summed E-state index contributed by atoms with van der Waals surface area (Å²) in [4.78, 5) is 36.6. The van der Waals surface area contributed by atoms with E-state index in [0.717, 1.165) is 37.3 Å². The minimum atomic E-state index is -0.604. The number of benzene rings is 1. The smallest absolute Gasteiger partial charge is 0.410 e. The van der Waals surface area contributed by atoms with Crippen molar-refractivity contribution in [3.63, 3.8) is 0 Å². The lowest BCUT2D eigenvalue weighted by Crippen LogP contribution is -2.45. The van der Waals surface area contributed by atoms with Gasteiger partial charge in [0.2, 0.25) is 5.91 Å². The van der Waals surface area contributed by atoms with E-state index in [4.69, 9.17) is 21.6 Å². The molecule has 0 bridgehead atoms. The van der Waals surface area contributed by atoms with Gasteiger partial charge in [-0.15, -0.1) is 0 Å². The quantitative estimate of drug-likeness (QED) is 0.577. The number of carbonyl (C=O) groups is 2. The van der Waals surface area contributed by atoms with Crippen LogP contribution in [-0.2, 0) is 9.53 Å². The van der Waals surface area contributed by atoms with E-state index in [0.29, 0.717) is 23.7 Å². The second-order valence-electron chi connectivity index (χ2n) is 10.8. The van der Waals surface area contributed by atoms with Crippen LogP contribution in [0.5, 0.6) is 0 Å². The Balaban J connectivity index is 1.45. The first-order valence-corrected chi connectivity index (χ1v) is 13.0. The third-order valence-electron chi connectivity index (χ3n) is 7.12. The predicted molar refractivity (Wildman–Crippen MR) is 142 cm³/mol. The van der Waals surface area contributed by atoms with Gasteiger partial charge in [0, 0.05) is 56.3 Å². The molecule has 2 atom stereocenters. The Morgan fingerprint density at radius 3 is 2.35 bits per heavy atom. The van der Waals surface area contributed by atoms with E-state index in [-0.39, 0.29) is 23.8 Å².